The van der Waals surface area contributed by atoms with Gasteiger partial charge < -0.3 is 26.7 Å². The molecule has 9 nitrogen and oxygen atoms in total. The number of anilines is 3. The van der Waals surface area contributed by atoms with Crippen LogP contribution in [0, 0.1) is 5.92 Å². The Morgan fingerprint density at radius 3 is 2.61 bits per heavy atom. The first-order valence-corrected chi connectivity index (χ1v) is 13.9. The van der Waals surface area contributed by atoms with Crippen LogP contribution in [-0.2, 0) is 6.54 Å². The molecule has 198 valence electrons. The number of nitrogens with one attached hydrogen (secondary N) is 2. The van der Waals surface area contributed by atoms with E-state index in [0.717, 1.165) is 58.8 Å². The highest BCUT2D eigenvalue weighted by atomic mass is 15.2. The number of para-hydroxylation sites is 1. The molecule has 2 aliphatic carbocycles. The smallest absolute Gasteiger partial charge is 0.227 e. The van der Waals surface area contributed by atoms with E-state index in [1.165, 1.54) is 25.7 Å². The van der Waals surface area contributed by atoms with Gasteiger partial charge in [-0.25, -0.2) is 4.98 Å². The second kappa shape index (κ2) is 10.6. The van der Waals surface area contributed by atoms with Crippen LogP contribution >= 0.6 is 0 Å². The molecule has 0 amide bonds. The maximum Gasteiger partial charge on any atom is 0.227 e. The van der Waals surface area contributed by atoms with Gasteiger partial charge in [0.05, 0.1) is 12.0 Å². The van der Waals surface area contributed by atoms with E-state index in [1.807, 2.05) is 42.9 Å². The third kappa shape index (κ3) is 5.03. The predicted octanol–water partition coefficient (Wildman–Crippen LogP) is 5.13. The number of rotatable bonds is 7. The lowest BCUT2D eigenvalue weighted by Gasteiger charge is -2.32. The maximum absolute atomic E-state index is 6.26. The monoisotopic (exact) mass is 511 g/mol. The Balaban J connectivity index is 1.25. The van der Waals surface area contributed by atoms with Crippen LogP contribution in [0.2, 0.25) is 0 Å². The molecule has 3 atom stereocenters. The van der Waals surface area contributed by atoms with Crippen LogP contribution in [0.4, 0.5) is 17.5 Å². The molecule has 3 unspecified atom stereocenters. The number of fused-ring (bicyclic) bond motifs is 1. The molecule has 0 saturated heterocycles. The van der Waals surface area contributed by atoms with Crippen LogP contribution in [0.3, 0.4) is 0 Å². The van der Waals surface area contributed by atoms with E-state index in [1.54, 1.807) is 0 Å². The van der Waals surface area contributed by atoms with Crippen LogP contribution in [0.1, 0.15) is 63.5 Å². The Labute approximate surface area is 223 Å². The minimum Gasteiger partial charge on any atom is -0.398 e. The van der Waals surface area contributed by atoms with Crippen molar-refractivity contribution in [2.24, 2.45) is 11.7 Å². The topological polar surface area (TPSA) is 133 Å². The van der Waals surface area contributed by atoms with Gasteiger partial charge in [0.15, 0.2) is 17.0 Å². The zero-order chi connectivity index (χ0) is 26.1. The van der Waals surface area contributed by atoms with Crippen LogP contribution < -0.4 is 22.1 Å². The van der Waals surface area contributed by atoms with Gasteiger partial charge in [-0.1, -0.05) is 44.0 Å². The standard InChI is InChI=1S/C29H37N9/c1-18-14-20(11-12-23(18)30)35-29-36-27(26-28(37-29)38(17-34-26)21-6-2-3-7-21)33-16-19-10-13-25(32-15-19)22-8-4-5-9-24(22)31/h4-5,8-10,13,15,17-18,20-21,23H,2-3,6-7,11-12,14,16,30-31H2,1H3,(H2,33,35,36,37). The van der Waals surface area contributed by atoms with Crippen molar-refractivity contribution in [1.29, 1.82) is 0 Å². The molecule has 0 bridgehead atoms. The first kappa shape index (κ1) is 24.6. The number of hydrogen-bond acceptors (Lipinski definition) is 8. The molecular weight excluding hydrogens is 474 g/mol. The Morgan fingerprint density at radius 2 is 1.84 bits per heavy atom. The van der Waals surface area contributed by atoms with E-state index in [2.05, 4.69) is 33.2 Å². The van der Waals surface area contributed by atoms with Crippen molar-refractivity contribution in [1.82, 2.24) is 24.5 Å². The summed E-state index contributed by atoms with van der Waals surface area (Å²) in [5.74, 6) is 1.87. The fraction of sp³-hybridized carbons (Fsp3) is 0.448. The number of nitrogens with two attached hydrogens (primary N) is 2. The number of imidazole rings is 1. The van der Waals surface area contributed by atoms with Gasteiger partial charge in [-0.2, -0.15) is 9.97 Å². The van der Waals surface area contributed by atoms with E-state index in [0.29, 0.717) is 30.5 Å². The lowest BCUT2D eigenvalue weighted by Crippen LogP contribution is -2.39. The molecular formula is C29H37N9. The zero-order valence-corrected chi connectivity index (χ0v) is 22.0. The molecule has 3 aromatic heterocycles. The lowest BCUT2D eigenvalue weighted by molar-refractivity contribution is 0.310. The summed E-state index contributed by atoms with van der Waals surface area (Å²) >= 11 is 0. The highest BCUT2D eigenvalue weighted by Crippen LogP contribution is 2.34. The minimum atomic E-state index is 0.274. The molecule has 2 aliphatic rings. The molecule has 2 saturated carbocycles. The van der Waals surface area contributed by atoms with Crippen molar-refractivity contribution in [3.63, 3.8) is 0 Å². The van der Waals surface area contributed by atoms with Crippen LogP contribution in [0.15, 0.2) is 48.9 Å². The molecule has 0 spiro atoms. The summed E-state index contributed by atoms with van der Waals surface area (Å²) in [5, 5.41) is 7.14. The second-order valence-corrected chi connectivity index (χ2v) is 10.9. The second-order valence-electron chi connectivity index (χ2n) is 10.9. The van der Waals surface area contributed by atoms with E-state index in [9.17, 15) is 0 Å². The summed E-state index contributed by atoms with van der Waals surface area (Å²) in [5.41, 5.74) is 17.7. The number of benzene rings is 1. The quantitative estimate of drug-likeness (QED) is 0.251. The number of nitrogens with zero attached hydrogens (tertiary/aromatic N) is 5. The molecule has 1 aromatic carbocycles. The number of aromatic nitrogens is 5. The third-order valence-corrected chi connectivity index (χ3v) is 8.23. The first-order chi connectivity index (χ1) is 18.5. The molecule has 38 heavy (non-hydrogen) atoms. The highest BCUT2D eigenvalue weighted by molar-refractivity contribution is 5.84. The summed E-state index contributed by atoms with van der Waals surface area (Å²) in [6.07, 6.45) is 11.7. The predicted molar refractivity (Wildman–Crippen MR) is 153 cm³/mol. The Hall–Kier alpha value is -3.72. The first-order valence-electron chi connectivity index (χ1n) is 13.9. The van der Waals surface area contributed by atoms with Crippen molar-refractivity contribution in [3.05, 3.63) is 54.5 Å². The Kier molecular flexibility index (Phi) is 6.84. The molecule has 0 aliphatic heterocycles. The average Bonchev–Trinajstić information content (AvgIpc) is 3.60. The summed E-state index contributed by atoms with van der Waals surface area (Å²) < 4.78 is 2.25. The van der Waals surface area contributed by atoms with E-state index in [-0.39, 0.29) is 6.04 Å². The fourth-order valence-corrected chi connectivity index (χ4v) is 5.89. The molecule has 0 radical (unpaired) electrons. The van der Waals surface area contributed by atoms with E-state index in [4.69, 9.17) is 26.4 Å². The van der Waals surface area contributed by atoms with Crippen LogP contribution in [-0.4, -0.2) is 36.6 Å². The number of nitrogen functional groups attached to an aromatic ring is 1. The molecule has 3 heterocycles. The van der Waals surface area contributed by atoms with Crippen molar-refractivity contribution in [3.8, 4) is 11.3 Å². The number of pyridine rings is 1. The maximum atomic E-state index is 6.26. The van der Waals surface area contributed by atoms with Crippen LogP contribution in [0.25, 0.3) is 22.4 Å². The van der Waals surface area contributed by atoms with Crippen molar-refractivity contribution >= 4 is 28.6 Å². The van der Waals surface area contributed by atoms with Gasteiger partial charge in [0.25, 0.3) is 0 Å². The molecule has 6 N–H and O–H groups in total. The largest absolute Gasteiger partial charge is 0.398 e. The highest BCUT2D eigenvalue weighted by Gasteiger charge is 2.27. The van der Waals surface area contributed by atoms with Gasteiger partial charge in [0.1, 0.15) is 0 Å². The van der Waals surface area contributed by atoms with Gasteiger partial charge in [0, 0.05) is 42.1 Å². The molecule has 2 fully saturated rings. The Bertz CT molecular complexity index is 1390. The molecule has 6 rings (SSSR count). The van der Waals surface area contributed by atoms with Crippen LogP contribution in [0.5, 0.6) is 0 Å². The molecule has 9 heteroatoms. The average molecular weight is 512 g/mol. The third-order valence-electron chi connectivity index (χ3n) is 8.23. The van der Waals surface area contributed by atoms with Gasteiger partial charge in [-0.15, -0.1) is 0 Å². The summed E-state index contributed by atoms with van der Waals surface area (Å²) in [7, 11) is 0. The lowest BCUT2D eigenvalue weighted by atomic mass is 9.83. The van der Waals surface area contributed by atoms with Gasteiger partial charge >= 0.3 is 0 Å². The van der Waals surface area contributed by atoms with Gasteiger partial charge in [0.2, 0.25) is 5.95 Å². The van der Waals surface area contributed by atoms with Crippen molar-refractivity contribution < 1.29 is 0 Å². The SMILES string of the molecule is CC1CC(Nc2nc(NCc3ccc(-c4ccccc4N)nc3)c3ncn(C4CCCC4)c3n2)CCC1N. The van der Waals surface area contributed by atoms with E-state index < -0.39 is 0 Å². The Morgan fingerprint density at radius 1 is 1.00 bits per heavy atom. The number of hydrogen-bond donors (Lipinski definition) is 4. The summed E-state index contributed by atoms with van der Waals surface area (Å²) in [4.78, 5) is 19.3. The van der Waals surface area contributed by atoms with Gasteiger partial charge in [-0.3, -0.25) is 4.98 Å². The normalized spacial score (nSPS) is 22.1. The van der Waals surface area contributed by atoms with E-state index >= 15 is 0 Å². The fourth-order valence-electron chi connectivity index (χ4n) is 5.89. The van der Waals surface area contributed by atoms with Crippen molar-refractivity contribution in [2.45, 2.75) is 76.5 Å². The summed E-state index contributed by atoms with van der Waals surface area (Å²) in [6.45, 7) is 2.81. The van der Waals surface area contributed by atoms with Gasteiger partial charge in [-0.05, 0) is 55.7 Å². The molecule has 4 aromatic rings. The minimum absolute atomic E-state index is 0.274. The summed E-state index contributed by atoms with van der Waals surface area (Å²) in [6, 6.07) is 12.9. The zero-order valence-electron chi connectivity index (χ0n) is 22.0. The van der Waals surface area contributed by atoms with Crippen molar-refractivity contribution in [2.75, 3.05) is 16.4 Å².